The van der Waals surface area contributed by atoms with Gasteiger partial charge in [0.15, 0.2) is 0 Å². The number of rotatable bonds is 3. The number of hydrogen-bond donors (Lipinski definition) is 0. The molecule has 14 heavy (non-hydrogen) atoms. The van der Waals surface area contributed by atoms with Crippen molar-refractivity contribution in [3.8, 4) is 0 Å². The number of likely N-dealkylation sites (tertiary alicyclic amines) is 1. The van der Waals surface area contributed by atoms with Gasteiger partial charge >= 0.3 is 5.97 Å². The van der Waals surface area contributed by atoms with Crippen LogP contribution in [0.4, 0.5) is 0 Å². The van der Waals surface area contributed by atoms with Crippen molar-refractivity contribution in [1.82, 2.24) is 4.90 Å². The number of hydrogen-bond acceptors (Lipinski definition) is 3. The Hall–Kier alpha value is -0.570. The average Bonchev–Trinajstić information content (AvgIpc) is 2.44. The minimum atomic E-state index is -0.102. The van der Waals surface area contributed by atoms with E-state index < -0.39 is 0 Å². The van der Waals surface area contributed by atoms with Crippen LogP contribution in [0.2, 0.25) is 0 Å². The number of nitrogens with zero attached hydrogens (tertiary/aromatic N) is 1. The van der Waals surface area contributed by atoms with Crippen molar-refractivity contribution in [3.63, 3.8) is 0 Å². The maximum Gasteiger partial charge on any atom is 0.309 e. The summed E-state index contributed by atoms with van der Waals surface area (Å²) in [5.41, 5.74) is 0.413. The molecule has 1 saturated heterocycles. The van der Waals surface area contributed by atoms with Crippen LogP contribution in [0.1, 0.15) is 27.2 Å². The molecule has 0 radical (unpaired) electrons. The van der Waals surface area contributed by atoms with E-state index in [-0.39, 0.29) is 11.9 Å². The molecule has 1 fully saturated rings. The Bertz CT molecular complexity index is 213. The van der Waals surface area contributed by atoms with Gasteiger partial charge in [-0.15, -0.1) is 0 Å². The lowest BCUT2D eigenvalue weighted by molar-refractivity contribution is -0.145. The van der Waals surface area contributed by atoms with Gasteiger partial charge in [0.25, 0.3) is 0 Å². The minimum absolute atomic E-state index is 0.00565. The predicted molar refractivity (Wildman–Crippen MR) is 56.0 cm³/mol. The third-order valence-corrected chi connectivity index (χ3v) is 2.89. The first-order valence-electron chi connectivity index (χ1n) is 5.25. The van der Waals surface area contributed by atoms with E-state index >= 15 is 0 Å². The average molecular weight is 199 g/mol. The zero-order valence-electron chi connectivity index (χ0n) is 9.67. The number of carbonyl (C=O) groups excluding carboxylic acids is 1. The fourth-order valence-corrected chi connectivity index (χ4v) is 2.04. The maximum atomic E-state index is 11.2. The Morgan fingerprint density at radius 1 is 1.57 bits per heavy atom. The summed E-state index contributed by atoms with van der Waals surface area (Å²) in [7, 11) is 1.45. The van der Waals surface area contributed by atoms with E-state index in [4.69, 9.17) is 4.74 Å². The summed E-state index contributed by atoms with van der Waals surface area (Å²) in [5, 5.41) is 0. The maximum absolute atomic E-state index is 11.2. The molecule has 1 atom stereocenters. The van der Waals surface area contributed by atoms with Crippen molar-refractivity contribution < 1.29 is 9.53 Å². The topological polar surface area (TPSA) is 29.5 Å². The lowest BCUT2D eigenvalue weighted by atomic mass is 9.93. The quantitative estimate of drug-likeness (QED) is 0.646. The zero-order chi connectivity index (χ0) is 10.8. The summed E-state index contributed by atoms with van der Waals surface area (Å²) in [6.45, 7) is 9.50. The van der Waals surface area contributed by atoms with Gasteiger partial charge < -0.3 is 9.64 Å². The molecule has 1 unspecified atom stereocenters. The van der Waals surface area contributed by atoms with Crippen LogP contribution in [0.25, 0.3) is 0 Å². The molecule has 0 spiro atoms. The van der Waals surface area contributed by atoms with Gasteiger partial charge in [-0.3, -0.25) is 4.79 Å². The first-order valence-corrected chi connectivity index (χ1v) is 5.25. The summed E-state index contributed by atoms with van der Waals surface area (Å²) in [5.74, 6) is -0.108. The Kier molecular flexibility index (Phi) is 3.53. The van der Waals surface area contributed by atoms with Crippen molar-refractivity contribution in [1.29, 1.82) is 0 Å². The lowest BCUT2D eigenvalue weighted by Gasteiger charge is -2.21. The van der Waals surface area contributed by atoms with Gasteiger partial charge in [0.05, 0.1) is 13.0 Å². The number of carbonyl (C=O) groups is 1. The Balaban J connectivity index is 2.36. The van der Waals surface area contributed by atoms with E-state index in [1.54, 1.807) is 0 Å². The van der Waals surface area contributed by atoms with Gasteiger partial charge in [0.2, 0.25) is 0 Å². The molecular formula is C11H21NO2. The molecule has 0 amide bonds. The third-order valence-electron chi connectivity index (χ3n) is 2.89. The van der Waals surface area contributed by atoms with Gasteiger partial charge in [-0.2, -0.15) is 0 Å². The summed E-state index contributed by atoms with van der Waals surface area (Å²) in [6.07, 6.45) is 1.22. The Morgan fingerprint density at radius 2 is 2.21 bits per heavy atom. The molecule has 0 bridgehead atoms. The zero-order valence-corrected chi connectivity index (χ0v) is 9.67. The predicted octanol–water partition coefficient (Wildman–Crippen LogP) is 1.53. The van der Waals surface area contributed by atoms with Crippen molar-refractivity contribution in [2.45, 2.75) is 27.2 Å². The smallest absolute Gasteiger partial charge is 0.309 e. The summed E-state index contributed by atoms with van der Waals surface area (Å²) >= 11 is 0. The molecule has 3 nitrogen and oxygen atoms in total. The molecule has 1 aliphatic heterocycles. The van der Waals surface area contributed by atoms with Crippen molar-refractivity contribution in [2.24, 2.45) is 11.3 Å². The molecule has 0 N–H and O–H groups in total. The normalized spacial score (nSPS) is 23.4. The van der Waals surface area contributed by atoms with Gasteiger partial charge in [-0.25, -0.2) is 0 Å². The van der Waals surface area contributed by atoms with E-state index in [2.05, 4.69) is 18.7 Å². The fraction of sp³-hybridized carbons (Fsp3) is 0.909. The minimum Gasteiger partial charge on any atom is -0.469 e. The second-order valence-electron chi connectivity index (χ2n) is 5.07. The van der Waals surface area contributed by atoms with Gasteiger partial charge in [0, 0.05) is 13.1 Å². The first kappa shape index (κ1) is 11.5. The Morgan fingerprint density at radius 3 is 2.64 bits per heavy atom. The first-order chi connectivity index (χ1) is 6.44. The highest BCUT2D eigenvalue weighted by Gasteiger charge is 2.30. The molecule has 1 rings (SSSR count). The molecule has 0 aromatic rings. The van der Waals surface area contributed by atoms with E-state index in [1.165, 1.54) is 13.5 Å². The molecule has 0 saturated carbocycles. The standard InChI is InChI=1S/C11H21NO2/c1-9(10(13)14-4)7-12-6-5-11(2,3)8-12/h9H,5-8H2,1-4H3. The molecule has 3 heteroatoms. The largest absolute Gasteiger partial charge is 0.469 e. The second-order valence-corrected chi connectivity index (χ2v) is 5.07. The molecule has 0 aromatic heterocycles. The monoisotopic (exact) mass is 199 g/mol. The summed E-state index contributed by atoms with van der Waals surface area (Å²) < 4.78 is 4.71. The van der Waals surface area contributed by atoms with Crippen LogP contribution in [-0.2, 0) is 9.53 Å². The van der Waals surface area contributed by atoms with Crippen molar-refractivity contribution in [3.05, 3.63) is 0 Å². The van der Waals surface area contributed by atoms with Crippen LogP contribution in [-0.4, -0.2) is 37.6 Å². The molecule has 0 aliphatic carbocycles. The molecule has 1 heterocycles. The van der Waals surface area contributed by atoms with E-state index in [0.717, 1.165) is 19.6 Å². The summed E-state index contributed by atoms with van der Waals surface area (Å²) in [6, 6.07) is 0. The summed E-state index contributed by atoms with van der Waals surface area (Å²) in [4.78, 5) is 13.6. The highest BCUT2D eigenvalue weighted by Crippen LogP contribution is 2.29. The highest BCUT2D eigenvalue weighted by atomic mass is 16.5. The lowest BCUT2D eigenvalue weighted by Crippen LogP contribution is -2.31. The number of ether oxygens (including phenoxy) is 1. The van der Waals surface area contributed by atoms with Crippen LogP contribution < -0.4 is 0 Å². The van der Waals surface area contributed by atoms with Gasteiger partial charge in [-0.05, 0) is 18.4 Å². The second kappa shape index (κ2) is 4.30. The van der Waals surface area contributed by atoms with Crippen LogP contribution >= 0.6 is 0 Å². The molecule has 82 valence electrons. The molecule has 0 aromatic carbocycles. The Labute approximate surface area is 86.4 Å². The van der Waals surface area contributed by atoms with E-state index in [9.17, 15) is 4.79 Å². The number of methoxy groups -OCH3 is 1. The van der Waals surface area contributed by atoms with Crippen molar-refractivity contribution in [2.75, 3.05) is 26.7 Å². The van der Waals surface area contributed by atoms with Crippen LogP contribution in [0, 0.1) is 11.3 Å². The van der Waals surface area contributed by atoms with Crippen LogP contribution in [0.15, 0.2) is 0 Å². The molecular weight excluding hydrogens is 178 g/mol. The van der Waals surface area contributed by atoms with E-state index in [1.807, 2.05) is 6.92 Å². The number of esters is 1. The SMILES string of the molecule is COC(=O)C(C)CN1CCC(C)(C)C1. The van der Waals surface area contributed by atoms with Crippen LogP contribution in [0.5, 0.6) is 0 Å². The van der Waals surface area contributed by atoms with Crippen molar-refractivity contribution >= 4 is 5.97 Å². The van der Waals surface area contributed by atoms with Gasteiger partial charge in [0.1, 0.15) is 0 Å². The van der Waals surface area contributed by atoms with Crippen LogP contribution in [0.3, 0.4) is 0 Å². The highest BCUT2D eigenvalue weighted by molar-refractivity contribution is 5.72. The van der Waals surface area contributed by atoms with Gasteiger partial charge in [-0.1, -0.05) is 20.8 Å². The fourth-order valence-electron chi connectivity index (χ4n) is 2.04. The molecule has 1 aliphatic rings. The van der Waals surface area contributed by atoms with E-state index in [0.29, 0.717) is 5.41 Å². The third kappa shape index (κ3) is 2.98.